The number of halogens is 5. The van der Waals surface area contributed by atoms with Crippen molar-refractivity contribution in [2.75, 3.05) is 0 Å². The van der Waals surface area contributed by atoms with Crippen molar-refractivity contribution in [1.29, 1.82) is 0 Å². The molecule has 2 aliphatic carbocycles. The summed E-state index contributed by atoms with van der Waals surface area (Å²) in [6, 6.07) is 0. The maximum Gasteiger partial charge on any atom is 0.392 e. The van der Waals surface area contributed by atoms with E-state index in [1.165, 1.54) is 0 Å². The smallest absolute Gasteiger partial charge is 0.345 e. The van der Waals surface area contributed by atoms with E-state index in [1.807, 2.05) is 0 Å². The van der Waals surface area contributed by atoms with Gasteiger partial charge in [0.25, 0.3) is 0 Å². The molecule has 0 amide bonds. The number of aromatic amines is 1. The van der Waals surface area contributed by atoms with Crippen LogP contribution < -0.4 is 0 Å². The van der Waals surface area contributed by atoms with E-state index in [0.29, 0.717) is 36.5 Å². The number of H-pyrrole nitrogens is 1. The molecular weight excluding hydrogens is 291 g/mol. The predicted octanol–water partition coefficient (Wildman–Crippen LogP) is 4.37. The molecule has 1 aromatic rings. The lowest BCUT2D eigenvalue weighted by Gasteiger charge is -2.26. The second-order valence-corrected chi connectivity index (χ2v) is 6.16. The summed E-state index contributed by atoms with van der Waals surface area (Å²) >= 11 is 0. The summed E-state index contributed by atoms with van der Waals surface area (Å²) in [5.74, 6) is -3.42. The van der Waals surface area contributed by atoms with Crippen LogP contribution in [0, 0.1) is 5.92 Å². The molecule has 1 aromatic heterocycles. The lowest BCUT2D eigenvalue weighted by Crippen LogP contribution is -2.28. The van der Waals surface area contributed by atoms with Crippen LogP contribution in [0.5, 0.6) is 0 Å². The third kappa shape index (κ3) is 3.06. The minimum absolute atomic E-state index is 0.0591. The first kappa shape index (κ1) is 14.8. The Morgan fingerprint density at radius 2 is 1.76 bits per heavy atom. The highest BCUT2D eigenvalue weighted by molar-refractivity contribution is 5.21. The number of nitrogens with one attached hydrogen (secondary N) is 1. The number of aromatic nitrogens is 2. The van der Waals surface area contributed by atoms with E-state index in [2.05, 4.69) is 9.97 Å². The van der Waals surface area contributed by atoms with Crippen LogP contribution in [0.15, 0.2) is 0 Å². The van der Waals surface area contributed by atoms with Gasteiger partial charge in [-0.1, -0.05) is 0 Å². The summed E-state index contributed by atoms with van der Waals surface area (Å²) in [4.78, 5) is 7.35. The molecule has 1 unspecified atom stereocenters. The topological polar surface area (TPSA) is 28.7 Å². The second-order valence-electron chi connectivity index (χ2n) is 6.16. The molecule has 2 aliphatic rings. The largest absolute Gasteiger partial charge is 0.392 e. The fraction of sp³-hybridized carbons (Fsp3) is 0.786. The van der Waals surface area contributed by atoms with Crippen molar-refractivity contribution in [3.05, 3.63) is 17.2 Å². The lowest BCUT2D eigenvalue weighted by atomic mass is 9.86. The SMILES string of the molecule is FC1(F)CCC(c2nc3c([nH]2)CC(C(F)(F)F)CC3)CC1. The Hall–Kier alpha value is -1.14. The average Bonchev–Trinajstić information content (AvgIpc) is 2.80. The second kappa shape index (κ2) is 4.95. The summed E-state index contributed by atoms with van der Waals surface area (Å²) in [6.07, 6.45) is -3.57. The molecule has 1 saturated carbocycles. The summed E-state index contributed by atoms with van der Waals surface area (Å²) in [5, 5.41) is 0. The first-order valence-corrected chi connectivity index (χ1v) is 7.27. The van der Waals surface area contributed by atoms with Crippen molar-refractivity contribution in [3.63, 3.8) is 0 Å². The Labute approximate surface area is 119 Å². The number of fused-ring (bicyclic) bond motifs is 1. The normalized spacial score (nSPS) is 26.6. The Bertz CT molecular complexity index is 510. The van der Waals surface area contributed by atoms with E-state index in [0.717, 1.165) is 0 Å². The molecule has 3 rings (SSSR count). The molecule has 0 spiro atoms. The van der Waals surface area contributed by atoms with Gasteiger partial charge in [0.05, 0.1) is 11.6 Å². The van der Waals surface area contributed by atoms with Crippen molar-refractivity contribution in [2.45, 2.75) is 63.0 Å². The molecule has 0 radical (unpaired) electrons. The Morgan fingerprint density at radius 3 is 2.38 bits per heavy atom. The van der Waals surface area contributed by atoms with Crippen LogP contribution in [0.2, 0.25) is 0 Å². The minimum atomic E-state index is -4.18. The quantitative estimate of drug-likeness (QED) is 0.767. The van der Waals surface area contributed by atoms with Crippen LogP contribution in [0.25, 0.3) is 0 Å². The molecular formula is C14H17F5N2. The van der Waals surface area contributed by atoms with E-state index < -0.39 is 18.0 Å². The van der Waals surface area contributed by atoms with Gasteiger partial charge in [-0.15, -0.1) is 0 Å². The van der Waals surface area contributed by atoms with Crippen molar-refractivity contribution in [3.8, 4) is 0 Å². The number of nitrogens with zero attached hydrogens (tertiary/aromatic N) is 1. The molecule has 21 heavy (non-hydrogen) atoms. The minimum Gasteiger partial charge on any atom is -0.345 e. The van der Waals surface area contributed by atoms with Gasteiger partial charge >= 0.3 is 6.18 Å². The maximum absolute atomic E-state index is 13.1. The summed E-state index contributed by atoms with van der Waals surface area (Å²) < 4.78 is 64.6. The highest BCUT2D eigenvalue weighted by Gasteiger charge is 2.42. The van der Waals surface area contributed by atoms with Gasteiger partial charge in [-0.3, -0.25) is 0 Å². The molecule has 1 N–H and O–H groups in total. The van der Waals surface area contributed by atoms with Crippen LogP contribution in [0.4, 0.5) is 22.0 Å². The molecule has 1 heterocycles. The van der Waals surface area contributed by atoms with Crippen molar-refractivity contribution >= 4 is 0 Å². The third-order valence-corrected chi connectivity index (χ3v) is 4.63. The zero-order valence-corrected chi connectivity index (χ0v) is 11.4. The van der Waals surface area contributed by atoms with E-state index in [9.17, 15) is 22.0 Å². The zero-order chi connectivity index (χ0) is 15.3. The first-order chi connectivity index (χ1) is 9.74. The van der Waals surface area contributed by atoms with Gasteiger partial charge in [-0.25, -0.2) is 13.8 Å². The van der Waals surface area contributed by atoms with Crippen LogP contribution in [-0.2, 0) is 12.8 Å². The fourth-order valence-corrected chi connectivity index (χ4v) is 3.29. The van der Waals surface area contributed by atoms with E-state index >= 15 is 0 Å². The summed E-state index contributed by atoms with van der Waals surface area (Å²) in [5.41, 5.74) is 1.22. The Balaban J connectivity index is 1.72. The number of imidazole rings is 1. The number of alkyl halides is 5. The zero-order valence-electron chi connectivity index (χ0n) is 11.4. The molecule has 0 saturated heterocycles. The highest BCUT2D eigenvalue weighted by atomic mass is 19.4. The Kier molecular flexibility index (Phi) is 3.48. The number of hydrogen-bond donors (Lipinski definition) is 1. The van der Waals surface area contributed by atoms with Crippen molar-refractivity contribution in [2.24, 2.45) is 5.92 Å². The van der Waals surface area contributed by atoms with Crippen LogP contribution in [0.3, 0.4) is 0 Å². The standard InChI is InChI=1S/C14H17F5N2/c15-13(16)5-3-8(4-6-13)12-20-10-2-1-9(14(17,18)19)7-11(10)21-12/h8-9H,1-7H2,(H,20,21). The monoisotopic (exact) mass is 308 g/mol. The van der Waals surface area contributed by atoms with E-state index in [4.69, 9.17) is 0 Å². The fourth-order valence-electron chi connectivity index (χ4n) is 3.29. The van der Waals surface area contributed by atoms with Gasteiger partial charge in [0, 0.05) is 30.9 Å². The average molecular weight is 308 g/mol. The number of rotatable bonds is 1. The summed E-state index contributed by atoms with van der Waals surface area (Å²) in [7, 11) is 0. The van der Waals surface area contributed by atoms with Crippen LogP contribution in [-0.4, -0.2) is 22.1 Å². The first-order valence-electron chi connectivity index (χ1n) is 7.27. The van der Waals surface area contributed by atoms with Gasteiger partial charge in [-0.05, 0) is 25.7 Å². The molecule has 0 bridgehead atoms. The van der Waals surface area contributed by atoms with Crippen molar-refractivity contribution < 1.29 is 22.0 Å². The van der Waals surface area contributed by atoms with Gasteiger partial charge in [0.1, 0.15) is 5.82 Å². The molecule has 1 atom stereocenters. The Morgan fingerprint density at radius 1 is 1.10 bits per heavy atom. The third-order valence-electron chi connectivity index (χ3n) is 4.63. The van der Waals surface area contributed by atoms with Crippen molar-refractivity contribution in [1.82, 2.24) is 9.97 Å². The maximum atomic E-state index is 13.1. The van der Waals surface area contributed by atoms with E-state index in [-0.39, 0.29) is 31.6 Å². The predicted molar refractivity (Wildman–Crippen MR) is 66.3 cm³/mol. The van der Waals surface area contributed by atoms with E-state index in [1.54, 1.807) is 0 Å². The van der Waals surface area contributed by atoms with Gasteiger partial charge < -0.3 is 4.98 Å². The molecule has 0 aromatic carbocycles. The van der Waals surface area contributed by atoms with Gasteiger partial charge in [-0.2, -0.15) is 13.2 Å². The molecule has 0 aliphatic heterocycles. The number of aryl methyl sites for hydroxylation is 1. The van der Waals surface area contributed by atoms with Gasteiger partial charge in [0.15, 0.2) is 0 Å². The number of hydrogen-bond acceptors (Lipinski definition) is 1. The molecule has 7 heteroatoms. The molecule has 118 valence electrons. The van der Waals surface area contributed by atoms with Crippen LogP contribution >= 0.6 is 0 Å². The highest BCUT2D eigenvalue weighted by Crippen LogP contribution is 2.41. The summed E-state index contributed by atoms with van der Waals surface area (Å²) in [6.45, 7) is 0. The van der Waals surface area contributed by atoms with Crippen LogP contribution in [0.1, 0.15) is 55.2 Å². The molecule has 1 fully saturated rings. The lowest BCUT2D eigenvalue weighted by molar-refractivity contribution is -0.177. The van der Waals surface area contributed by atoms with Gasteiger partial charge in [0.2, 0.25) is 5.92 Å². The molecule has 2 nitrogen and oxygen atoms in total.